The summed E-state index contributed by atoms with van der Waals surface area (Å²) < 4.78 is 1.21. The molecule has 0 aromatic heterocycles. The maximum atomic E-state index is 5.77. The van der Waals surface area contributed by atoms with E-state index in [4.69, 9.17) is 5.73 Å². The zero-order valence-electron chi connectivity index (χ0n) is 9.00. The highest BCUT2D eigenvalue weighted by molar-refractivity contribution is 14.1. The van der Waals surface area contributed by atoms with Gasteiger partial charge < -0.3 is 11.1 Å². The van der Waals surface area contributed by atoms with E-state index in [-0.39, 0.29) is 0 Å². The van der Waals surface area contributed by atoms with Crippen LogP contribution >= 0.6 is 22.6 Å². The molecule has 0 heterocycles. The van der Waals surface area contributed by atoms with Gasteiger partial charge in [0.05, 0.1) is 0 Å². The van der Waals surface area contributed by atoms with Gasteiger partial charge >= 0.3 is 0 Å². The summed E-state index contributed by atoms with van der Waals surface area (Å²) in [6.45, 7) is 2.07. The molecule has 0 aliphatic heterocycles. The first-order valence-corrected chi connectivity index (χ1v) is 6.12. The van der Waals surface area contributed by atoms with Gasteiger partial charge in [0.1, 0.15) is 0 Å². The number of rotatable bonds is 2. The zero-order chi connectivity index (χ0) is 11.5. The van der Waals surface area contributed by atoms with Crippen molar-refractivity contribution in [3.63, 3.8) is 0 Å². The van der Waals surface area contributed by atoms with Crippen LogP contribution in [0.25, 0.3) is 0 Å². The van der Waals surface area contributed by atoms with Crippen LogP contribution in [0.5, 0.6) is 0 Å². The fourth-order valence-corrected chi connectivity index (χ4v) is 2.04. The molecular weight excluding hydrogens is 311 g/mol. The van der Waals surface area contributed by atoms with Crippen molar-refractivity contribution in [2.45, 2.75) is 6.92 Å². The smallest absolute Gasteiger partial charge is 0.0434 e. The van der Waals surface area contributed by atoms with Crippen LogP contribution < -0.4 is 11.1 Å². The number of nitrogens with two attached hydrogens (primary N) is 1. The second-order valence-corrected chi connectivity index (χ2v) is 4.96. The van der Waals surface area contributed by atoms with Gasteiger partial charge in [-0.1, -0.05) is 12.1 Å². The third-order valence-electron chi connectivity index (χ3n) is 2.37. The van der Waals surface area contributed by atoms with Crippen molar-refractivity contribution in [2.75, 3.05) is 11.1 Å². The van der Waals surface area contributed by atoms with Gasteiger partial charge in [0.25, 0.3) is 0 Å². The molecule has 2 aromatic carbocycles. The Morgan fingerprint density at radius 2 is 1.94 bits per heavy atom. The number of benzene rings is 2. The Bertz CT molecular complexity index is 509. The Balaban J connectivity index is 2.30. The Labute approximate surface area is 109 Å². The van der Waals surface area contributed by atoms with Crippen LogP contribution in [0.15, 0.2) is 42.5 Å². The molecule has 0 saturated carbocycles. The zero-order valence-corrected chi connectivity index (χ0v) is 11.2. The SMILES string of the molecule is Cc1ccc(N)cc1Nc1cccc(I)c1. The van der Waals surface area contributed by atoms with Crippen LogP contribution in [-0.2, 0) is 0 Å². The minimum Gasteiger partial charge on any atom is -0.399 e. The lowest BCUT2D eigenvalue weighted by atomic mass is 10.1. The summed E-state index contributed by atoms with van der Waals surface area (Å²) >= 11 is 2.30. The Hall–Kier alpha value is -1.23. The highest BCUT2D eigenvalue weighted by atomic mass is 127. The molecule has 2 aromatic rings. The minimum atomic E-state index is 0.777. The third kappa shape index (κ3) is 2.66. The molecule has 0 fully saturated rings. The summed E-state index contributed by atoms with van der Waals surface area (Å²) in [7, 11) is 0. The maximum Gasteiger partial charge on any atom is 0.0434 e. The fraction of sp³-hybridized carbons (Fsp3) is 0.0769. The molecule has 0 radical (unpaired) electrons. The highest BCUT2D eigenvalue weighted by Crippen LogP contribution is 2.23. The van der Waals surface area contributed by atoms with Crippen LogP contribution in [0.2, 0.25) is 0 Å². The van der Waals surface area contributed by atoms with E-state index in [2.05, 4.69) is 47.0 Å². The number of nitrogens with one attached hydrogen (secondary N) is 1. The average Bonchev–Trinajstić information content (AvgIpc) is 2.24. The van der Waals surface area contributed by atoms with Gasteiger partial charge in [-0.2, -0.15) is 0 Å². The van der Waals surface area contributed by atoms with E-state index >= 15 is 0 Å². The molecule has 0 aliphatic rings. The molecule has 16 heavy (non-hydrogen) atoms. The molecule has 82 valence electrons. The second-order valence-electron chi connectivity index (χ2n) is 3.71. The molecule has 0 amide bonds. The van der Waals surface area contributed by atoms with E-state index in [1.54, 1.807) is 0 Å². The predicted octanol–water partition coefficient (Wildman–Crippen LogP) is 3.93. The van der Waals surface area contributed by atoms with E-state index in [1.165, 1.54) is 9.13 Å². The molecule has 0 spiro atoms. The van der Waals surface area contributed by atoms with Gasteiger partial charge in [0.15, 0.2) is 0 Å². The Morgan fingerprint density at radius 1 is 1.12 bits per heavy atom. The van der Waals surface area contributed by atoms with Gasteiger partial charge in [-0.3, -0.25) is 0 Å². The molecule has 3 N–H and O–H groups in total. The van der Waals surface area contributed by atoms with Crippen molar-refractivity contribution < 1.29 is 0 Å². The van der Waals surface area contributed by atoms with Gasteiger partial charge in [-0.25, -0.2) is 0 Å². The van der Waals surface area contributed by atoms with E-state index in [9.17, 15) is 0 Å². The number of halogens is 1. The highest BCUT2D eigenvalue weighted by Gasteiger charge is 1.99. The van der Waals surface area contributed by atoms with Crippen LogP contribution in [0, 0.1) is 10.5 Å². The monoisotopic (exact) mass is 324 g/mol. The van der Waals surface area contributed by atoms with E-state index in [1.807, 2.05) is 30.3 Å². The number of hydrogen-bond acceptors (Lipinski definition) is 2. The normalized spacial score (nSPS) is 10.1. The average molecular weight is 324 g/mol. The van der Waals surface area contributed by atoms with Crippen molar-refractivity contribution in [3.8, 4) is 0 Å². The molecule has 2 rings (SSSR count). The van der Waals surface area contributed by atoms with Crippen molar-refractivity contribution in [1.29, 1.82) is 0 Å². The van der Waals surface area contributed by atoms with Gasteiger partial charge in [0, 0.05) is 20.6 Å². The standard InChI is InChI=1S/C13H13IN2/c1-9-5-6-11(15)8-13(9)16-12-4-2-3-10(14)7-12/h2-8,16H,15H2,1H3. The molecule has 0 unspecified atom stereocenters. The van der Waals surface area contributed by atoms with Crippen LogP contribution in [0.1, 0.15) is 5.56 Å². The summed E-state index contributed by atoms with van der Waals surface area (Å²) in [6.07, 6.45) is 0. The molecule has 0 aliphatic carbocycles. The molecular formula is C13H13IN2. The molecule has 0 saturated heterocycles. The number of aryl methyl sites for hydroxylation is 1. The van der Waals surface area contributed by atoms with Crippen LogP contribution in [0.4, 0.5) is 17.1 Å². The molecule has 3 heteroatoms. The molecule has 0 atom stereocenters. The number of nitrogen functional groups attached to an aromatic ring is 1. The third-order valence-corrected chi connectivity index (χ3v) is 3.04. The second kappa shape index (κ2) is 4.74. The number of hydrogen-bond donors (Lipinski definition) is 2. The van der Waals surface area contributed by atoms with E-state index < -0.39 is 0 Å². The topological polar surface area (TPSA) is 38.0 Å². The number of anilines is 3. The van der Waals surface area contributed by atoms with E-state index in [0.717, 1.165) is 17.1 Å². The van der Waals surface area contributed by atoms with Crippen LogP contribution in [0.3, 0.4) is 0 Å². The predicted molar refractivity (Wildman–Crippen MR) is 78.0 cm³/mol. The first-order chi connectivity index (χ1) is 7.65. The lowest BCUT2D eigenvalue weighted by Gasteiger charge is -2.10. The van der Waals surface area contributed by atoms with Crippen molar-refractivity contribution in [1.82, 2.24) is 0 Å². The van der Waals surface area contributed by atoms with Gasteiger partial charge in [-0.15, -0.1) is 0 Å². The fourth-order valence-electron chi connectivity index (χ4n) is 1.50. The quantitative estimate of drug-likeness (QED) is 0.649. The summed E-state index contributed by atoms with van der Waals surface area (Å²) in [4.78, 5) is 0. The minimum absolute atomic E-state index is 0.777. The van der Waals surface area contributed by atoms with Crippen molar-refractivity contribution in [3.05, 3.63) is 51.6 Å². The van der Waals surface area contributed by atoms with Gasteiger partial charge in [0.2, 0.25) is 0 Å². The van der Waals surface area contributed by atoms with Gasteiger partial charge in [-0.05, 0) is 65.4 Å². The summed E-state index contributed by atoms with van der Waals surface area (Å²) in [5, 5.41) is 3.37. The Morgan fingerprint density at radius 3 is 2.69 bits per heavy atom. The van der Waals surface area contributed by atoms with E-state index in [0.29, 0.717) is 0 Å². The lowest BCUT2D eigenvalue weighted by Crippen LogP contribution is -1.95. The lowest BCUT2D eigenvalue weighted by molar-refractivity contribution is 1.43. The largest absolute Gasteiger partial charge is 0.399 e. The summed E-state index contributed by atoms with van der Waals surface area (Å²) in [5.41, 5.74) is 9.88. The summed E-state index contributed by atoms with van der Waals surface area (Å²) in [5.74, 6) is 0. The van der Waals surface area contributed by atoms with Crippen LogP contribution in [-0.4, -0.2) is 0 Å². The summed E-state index contributed by atoms with van der Waals surface area (Å²) in [6, 6.07) is 14.1. The van der Waals surface area contributed by atoms with Crippen molar-refractivity contribution >= 4 is 39.7 Å². The molecule has 0 bridgehead atoms. The maximum absolute atomic E-state index is 5.77. The van der Waals surface area contributed by atoms with Crippen molar-refractivity contribution in [2.24, 2.45) is 0 Å². The molecule has 2 nitrogen and oxygen atoms in total. The first-order valence-electron chi connectivity index (χ1n) is 5.04. The first kappa shape index (κ1) is 11.3. The Kier molecular flexibility index (Phi) is 3.33.